The van der Waals surface area contributed by atoms with Gasteiger partial charge in [-0.2, -0.15) is 0 Å². The van der Waals surface area contributed by atoms with Crippen LogP contribution in [0.3, 0.4) is 0 Å². The minimum Gasteiger partial charge on any atom is -0.322 e. The quantitative estimate of drug-likeness (QED) is 0.575. The largest absolute Gasteiger partial charge is 0.322 e. The predicted octanol–water partition coefficient (Wildman–Crippen LogP) is 0.409. The second kappa shape index (κ2) is 6.34. The fraction of sp³-hybridized carbons (Fsp3) is 0.421. The van der Waals surface area contributed by atoms with Gasteiger partial charge in [0, 0.05) is 36.6 Å². The molecule has 4 rings (SSSR count). The van der Waals surface area contributed by atoms with Crippen LogP contribution in [0.15, 0.2) is 18.2 Å². The zero-order chi connectivity index (χ0) is 17.4. The van der Waals surface area contributed by atoms with Crippen LogP contribution in [0.4, 0.5) is 0 Å². The summed E-state index contributed by atoms with van der Waals surface area (Å²) in [7, 11) is 0. The van der Waals surface area contributed by atoms with Gasteiger partial charge in [-0.15, -0.1) is 0 Å². The van der Waals surface area contributed by atoms with E-state index in [1.165, 1.54) is 0 Å². The van der Waals surface area contributed by atoms with Gasteiger partial charge in [-0.3, -0.25) is 19.7 Å². The minimum absolute atomic E-state index is 0.149. The molecule has 3 aliphatic rings. The molecule has 3 aliphatic heterocycles. The number of amides is 3. The maximum Gasteiger partial charge on any atom is 0.255 e. The van der Waals surface area contributed by atoms with Crippen molar-refractivity contribution in [3.63, 3.8) is 0 Å². The van der Waals surface area contributed by atoms with Gasteiger partial charge in [-0.05, 0) is 43.1 Å². The number of imide groups is 1. The molecule has 3 amide bonds. The Balaban J connectivity index is 1.53. The Hall–Kier alpha value is -2.65. The molecule has 0 radical (unpaired) electrons. The van der Waals surface area contributed by atoms with Gasteiger partial charge in [0.2, 0.25) is 11.8 Å². The summed E-state index contributed by atoms with van der Waals surface area (Å²) < 4.78 is 0. The van der Waals surface area contributed by atoms with Crippen molar-refractivity contribution >= 4 is 17.7 Å². The van der Waals surface area contributed by atoms with Gasteiger partial charge in [0.15, 0.2) is 0 Å². The summed E-state index contributed by atoms with van der Waals surface area (Å²) in [5, 5.41) is 5.61. The van der Waals surface area contributed by atoms with Gasteiger partial charge >= 0.3 is 0 Å². The van der Waals surface area contributed by atoms with Crippen molar-refractivity contribution < 1.29 is 14.4 Å². The number of carbonyl (C=O) groups is 3. The lowest BCUT2D eigenvalue weighted by molar-refractivity contribution is -0.136. The number of piperidine rings is 1. The summed E-state index contributed by atoms with van der Waals surface area (Å²) in [6.45, 7) is 2.33. The van der Waals surface area contributed by atoms with Gasteiger partial charge in [-0.1, -0.05) is 11.8 Å². The van der Waals surface area contributed by atoms with Crippen LogP contribution in [-0.4, -0.2) is 41.8 Å². The first kappa shape index (κ1) is 15.9. The first-order valence-electron chi connectivity index (χ1n) is 8.61. The molecule has 0 saturated carbocycles. The van der Waals surface area contributed by atoms with Crippen molar-refractivity contribution in [2.75, 3.05) is 13.1 Å². The van der Waals surface area contributed by atoms with Gasteiger partial charge < -0.3 is 10.2 Å². The number of hydrogen-bond donors (Lipinski definition) is 2. The smallest absolute Gasteiger partial charge is 0.255 e. The highest BCUT2D eigenvalue weighted by Crippen LogP contribution is 2.28. The summed E-state index contributed by atoms with van der Waals surface area (Å²) in [6, 6.07) is 5.02. The normalized spacial score (nSPS) is 25.4. The lowest BCUT2D eigenvalue weighted by Gasteiger charge is -2.29. The number of hydrogen-bond acceptors (Lipinski definition) is 4. The van der Waals surface area contributed by atoms with E-state index in [-0.39, 0.29) is 24.1 Å². The highest BCUT2D eigenvalue weighted by molar-refractivity contribution is 6.05. The van der Waals surface area contributed by atoms with E-state index >= 15 is 0 Å². The Bertz CT molecular complexity index is 815. The van der Waals surface area contributed by atoms with Gasteiger partial charge in [0.05, 0.1) is 0 Å². The minimum atomic E-state index is -0.573. The Morgan fingerprint density at radius 3 is 2.80 bits per heavy atom. The third-order valence-corrected chi connectivity index (χ3v) is 5.00. The first-order chi connectivity index (χ1) is 12.1. The van der Waals surface area contributed by atoms with E-state index in [9.17, 15) is 14.4 Å². The fourth-order valence-corrected chi connectivity index (χ4v) is 3.62. The maximum absolute atomic E-state index is 12.6. The van der Waals surface area contributed by atoms with Crippen molar-refractivity contribution in [1.82, 2.24) is 15.5 Å². The van der Waals surface area contributed by atoms with Crippen LogP contribution in [-0.2, 0) is 16.1 Å². The molecule has 1 aromatic rings. The monoisotopic (exact) mass is 337 g/mol. The molecular weight excluding hydrogens is 318 g/mol. The van der Waals surface area contributed by atoms with Crippen molar-refractivity contribution in [3.05, 3.63) is 34.9 Å². The SMILES string of the molecule is O=C1CCC(N2Cc3cc(C#CC4CCNC4)ccc3C2=O)C(=O)N1. The van der Waals surface area contributed by atoms with Crippen LogP contribution >= 0.6 is 0 Å². The van der Waals surface area contributed by atoms with E-state index in [0.717, 1.165) is 30.6 Å². The van der Waals surface area contributed by atoms with Gasteiger partial charge in [0.1, 0.15) is 6.04 Å². The van der Waals surface area contributed by atoms with E-state index in [1.807, 2.05) is 12.1 Å². The number of nitrogens with one attached hydrogen (secondary N) is 2. The lowest BCUT2D eigenvalue weighted by Crippen LogP contribution is -2.52. The molecule has 2 atom stereocenters. The predicted molar refractivity (Wildman–Crippen MR) is 90.3 cm³/mol. The number of fused-ring (bicyclic) bond motifs is 1. The average molecular weight is 337 g/mol. The van der Waals surface area contributed by atoms with E-state index in [4.69, 9.17) is 0 Å². The summed E-state index contributed by atoms with van der Waals surface area (Å²) in [5.74, 6) is 6.05. The van der Waals surface area contributed by atoms with E-state index in [0.29, 0.717) is 24.4 Å². The molecule has 2 N–H and O–H groups in total. The van der Waals surface area contributed by atoms with E-state index in [2.05, 4.69) is 22.5 Å². The van der Waals surface area contributed by atoms with Crippen LogP contribution in [0.5, 0.6) is 0 Å². The molecule has 128 valence electrons. The molecule has 0 spiro atoms. The second-order valence-corrected chi connectivity index (χ2v) is 6.73. The molecule has 2 fully saturated rings. The van der Waals surface area contributed by atoms with Gasteiger partial charge in [-0.25, -0.2) is 0 Å². The molecular formula is C19H19N3O3. The number of rotatable bonds is 1. The number of benzene rings is 1. The summed E-state index contributed by atoms with van der Waals surface area (Å²) >= 11 is 0. The Kier molecular flexibility index (Phi) is 4.02. The maximum atomic E-state index is 12.6. The van der Waals surface area contributed by atoms with E-state index in [1.54, 1.807) is 11.0 Å². The summed E-state index contributed by atoms with van der Waals surface area (Å²) in [6.07, 6.45) is 1.72. The molecule has 0 bridgehead atoms. The summed E-state index contributed by atoms with van der Waals surface area (Å²) in [5.41, 5.74) is 2.41. The molecule has 3 heterocycles. The summed E-state index contributed by atoms with van der Waals surface area (Å²) in [4.78, 5) is 37.5. The van der Waals surface area contributed by atoms with Crippen molar-refractivity contribution in [2.45, 2.75) is 31.8 Å². The Morgan fingerprint density at radius 2 is 2.04 bits per heavy atom. The molecule has 6 heteroatoms. The molecule has 25 heavy (non-hydrogen) atoms. The topological polar surface area (TPSA) is 78.5 Å². The van der Waals surface area contributed by atoms with Crippen molar-refractivity contribution in [2.24, 2.45) is 5.92 Å². The lowest BCUT2D eigenvalue weighted by atomic mass is 10.0. The molecule has 2 unspecified atom stereocenters. The van der Waals surface area contributed by atoms with Crippen LogP contribution in [0.2, 0.25) is 0 Å². The molecule has 0 aliphatic carbocycles. The molecule has 2 saturated heterocycles. The van der Waals surface area contributed by atoms with E-state index < -0.39 is 6.04 Å². The zero-order valence-corrected chi connectivity index (χ0v) is 13.8. The van der Waals surface area contributed by atoms with Crippen LogP contribution in [0, 0.1) is 17.8 Å². The van der Waals surface area contributed by atoms with Gasteiger partial charge in [0.25, 0.3) is 5.91 Å². The van der Waals surface area contributed by atoms with Crippen molar-refractivity contribution in [1.29, 1.82) is 0 Å². The Labute approximate surface area is 146 Å². The standard InChI is InChI=1S/C19H19N3O3/c23-17-6-5-16(18(24)21-17)22-11-14-9-12(3-4-15(14)19(22)25)1-2-13-7-8-20-10-13/h3-4,9,13,16,20H,5-8,10-11H2,(H,21,23,24). The first-order valence-corrected chi connectivity index (χ1v) is 8.61. The fourth-order valence-electron chi connectivity index (χ4n) is 3.62. The van der Waals surface area contributed by atoms with Crippen LogP contribution < -0.4 is 10.6 Å². The number of nitrogens with zero attached hydrogens (tertiary/aromatic N) is 1. The zero-order valence-electron chi connectivity index (χ0n) is 13.8. The van der Waals surface area contributed by atoms with Crippen LogP contribution in [0.25, 0.3) is 0 Å². The molecule has 6 nitrogen and oxygen atoms in total. The highest BCUT2D eigenvalue weighted by atomic mass is 16.2. The van der Waals surface area contributed by atoms with Crippen molar-refractivity contribution in [3.8, 4) is 11.8 Å². The average Bonchev–Trinajstić information content (AvgIpc) is 3.21. The third kappa shape index (κ3) is 3.03. The molecule has 1 aromatic carbocycles. The Morgan fingerprint density at radius 1 is 1.16 bits per heavy atom. The molecule has 0 aromatic heterocycles. The number of carbonyl (C=O) groups excluding carboxylic acids is 3. The van der Waals surface area contributed by atoms with Crippen LogP contribution in [0.1, 0.15) is 40.7 Å². The highest BCUT2D eigenvalue weighted by Gasteiger charge is 2.38. The third-order valence-electron chi connectivity index (χ3n) is 5.00. The second-order valence-electron chi connectivity index (χ2n) is 6.73.